The first-order chi connectivity index (χ1) is 10.8. The number of halogens is 5. The van der Waals surface area contributed by atoms with E-state index in [1.54, 1.807) is 0 Å². The van der Waals surface area contributed by atoms with E-state index in [9.17, 15) is 22.4 Å². The molecule has 1 aromatic heterocycles. The molecule has 120 valence electrons. The van der Waals surface area contributed by atoms with Gasteiger partial charge in [-0.25, -0.2) is 9.18 Å². The molecule has 0 fully saturated rings. The molecule has 2 rings (SSSR count). The van der Waals surface area contributed by atoms with Crippen molar-refractivity contribution in [3.05, 3.63) is 64.2 Å². The number of carbonyl (C=O) groups is 1. The fourth-order valence-electron chi connectivity index (χ4n) is 1.57. The Balaban J connectivity index is 2.14. The fraction of sp³-hybridized carbons (Fsp3) is 0.0714. The number of benzene rings is 1. The maximum atomic E-state index is 13.0. The molecular weight excluding hydrogens is 340 g/mol. The van der Waals surface area contributed by atoms with E-state index in [1.165, 1.54) is 12.1 Å². The molecular formula is C14H7ClF4N2O2. The van der Waals surface area contributed by atoms with E-state index in [0.29, 0.717) is 5.56 Å². The van der Waals surface area contributed by atoms with Gasteiger partial charge in [-0.05, 0) is 29.8 Å². The number of carbonyl (C=O) groups excluding carboxylic acids is 1. The number of pyridine rings is 1. The van der Waals surface area contributed by atoms with Crippen LogP contribution in [0.15, 0.2) is 41.7 Å². The molecule has 1 heterocycles. The molecule has 0 saturated heterocycles. The van der Waals surface area contributed by atoms with E-state index in [4.69, 9.17) is 11.6 Å². The first kappa shape index (κ1) is 16.9. The summed E-state index contributed by atoms with van der Waals surface area (Å²) in [6.07, 6.45) is -2.89. The average molecular weight is 347 g/mol. The molecule has 0 atom stereocenters. The molecule has 0 spiro atoms. The van der Waals surface area contributed by atoms with Gasteiger partial charge in [-0.15, -0.1) is 0 Å². The highest BCUT2D eigenvalue weighted by molar-refractivity contribution is 6.31. The topological polar surface area (TPSA) is 51.5 Å². The van der Waals surface area contributed by atoms with Crippen LogP contribution >= 0.6 is 11.6 Å². The van der Waals surface area contributed by atoms with Crippen LogP contribution in [0, 0.1) is 5.82 Å². The zero-order valence-electron chi connectivity index (χ0n) is 11.1. The molecule has 0 saturated carbocycles. The summed E-state index contributed by atoms with van der Waals surface area (Å²) in [7, 11) is 0. The number of hydrogen-bond acceptors (Lipinski definition) is 4. The lowest BCUT2D eigenvalue weighted by atomic mass is 10.2. The monoisotopic (exact) mass is 346 g/mol. The van der Waals surface area contributed by atoms with Crippen molar-refractivity contribution in [3.8, 4) is 0 Å². The number of alkyl halides is 3. The van der Waals surface area contributed by atoms with Crippen molar-refractivity contribution in [1.82, 2.24) is 4.98 Å². The number of oxime groups is 1. The van der Waals surface area contributed by atoms with Crippen molar-refractivity contribution >= 4 is 23.8 Å². The van der Waals surface area contributed by atoms with Gasteiger partial charge in [0, 0.05) is 6.20 Å². The molecule has 0 amide bonds. The fourth-order valence-corrected chi connectivity index (χ4v) is 1.76. The lowest BCUT2D eigenvalue weighted by Gasteiger charge is -2.08. The summed E-state index contributed by atoms with van der Waals surface area (Å²) in [6, 6.07) is 5.65. The molecule has 2 aromatic rings. The van der Waals surface area contributed by atoms with Gasteiger partial charge in [-0.2, -0.15) is 13.2 Å². The van der Waals surface area contributed by atoms with Gasteiger partial charge in [0.1, 0.15) is 5.82 Å². The Labute approximate surface area is 132 Å². The normalized spacial score (nSPS) is 11.7. The summed E-state index contributed by atoms with van der Waals surface area (Å²) < 4.78 is 51.1. The Bertz CT molecular complexity index is 763. The van der Waals surface area contributed by atoms with Crippen LogP contribution < -0.4 is 0 Å². The van der Waals surface area contributed by atoms with Crippen molar-refractivity contribution in [2.45, 2.75) is 6.18 Å². The van der Waals surface area contributed by atoms with Crippen molar-refractivity contribution < 1.29 is 27.2 Å². The highest BCUT2D eigenvalue weighted by Crippen LogP contribution is 2.30. The maximum absolute atomic E-state index is 13.0. The molecule has 0 radical (unpaired) electrons. The largest absolute Gasteiger partial charge is 0.434 e. The molecule has 1 aromatic carbocycles. The summed E-state index contributed by atoms with van der Waals surface area (Å²) in [5, 5.41) is 3.09. The molecule has 23 heavy (non-hydrogen) atoms. The van der Waals surface area contributed by atoms with E-state index in [0.717, 1.165) is 30.6 Å². The van der Waals surface area contributed by atoms with Crippen LogP contribution in [0.1, 0.15) is 21.6 Å². The molecule has 9 heteroatoms. The van der Waals surface area contributed by atoms with E-state index < -0.39 is 29.2 Å². The second kappa shape index (κ2) is 6.74. The van der Waals surface area contributed by atoms with Crippen molar-refractivity contribution in [3.63, 3.8) is 0 Å². The van der Waals surface area contributed by atoms with Gasteiger partial charge in [0.05, 0.1) is 16.8 Å². The zero-order chi connectivity index (χ0) is 17.0. The van der Waals surface area contributed by atoms with Gasteiger partial charge in [-0.3, -0.25) is 4.98 Å². The molecule has 0 unspecified atom stereocenters. The number of nitrogens with zero attached hydrogens (tertiary/aromatic N) is 2. The molecule has 0 aliphatic rings. The minimum Gasteiger partial charge on any atom is -0.313 e. The Morgan fingerprint density at radius 1 is 1.30 bits per heavy atom. The summed E-state index contributed by atoms with van der Waals surface area (Å²) in [5.41, 5.74) is -1.84. The number of rotatable bonds is 3. The van der Waals surface area contributed by atoms with Gasteiger partial charge in [0.15, 0.2) is 5.69 Å². The van der Waals surface area contributed by atoms with E-state index in [1.807, 2.05) is 0 Å². The molecule has 0 N–H and O–H groups in total. The first-order valence-electron chi connectivity index (χ1n) is 6.01. The van der Waals surface area contributed by atoms with Gasteiger partial charge < -0.3 is 4.84 Å². The van der Waals surface area contributed by atoms with Crippen LogP contribution in [-0.2, 0) is 11.0 Å². The highest BCUT2D eigenvalue weighted by atomic mass is 35.5. The summed E-state index contributed by atoms with van der Waals surface area (Å²) in [4.78, 5) is 19.2. The second-order valence-electron chi connectivity index (χ2n) is 4.18. The van der Waals surface area contributed by atoms with Gasteiger partial charge >= 0.3 is 12.1 Å². The Morgan fingerprint density at radius 2 is 2.04 bits per heavy atom. The highest BCUT2D eigenvalue weighted by Gasteiger charge is 2.37. The third-order valence-corrected chi connectivity index (χ3v) is 2.87. The molecule has 0 bridgehead atoms. The Kier molecular flexibility index (Phi) is 4.95. The minimum atomic E-state index is -4.80. The van der Waals surface area contributed by atoms with Crippen LogP contribution in [0.4, 0.5) is 17.6 Å². The minimum absolute atomic E-state index is 0.174. The Morgan fingerprint density at radius 3 is 2.70 bits per heavy atom. The van der Waals surface area contributed by atoms with Gasteiger partial charge in [-0.1, -0.05) is 22.8 Å². The molecule has 0 aliphatic heterocycles. The average Bonchev–Trinajstić information content (AvgIpc) is 2.50. The van der Waals surface area contributed by atoms with Crippen molar-refractivity contribution in [1.29, 1.82) is 0 Å². The lowest BCUT2D eigenvalue weighted by Crippen LogP contribution is -2.15. The van der Waals surface area contributed by atoms with Gasteiger partial charge in [0.2, 0.25) is 0 Å². The van der Waals surface area contributed by atoms with Crippen molar-refractivity contribution in [2.24, 2.45) is 5.16 Å². The zero-order valence-corrected chi connectivity index (χ0v) is 11.9. The maximum Gasteiger partial charge on any atom is 0.434 e. The SMILES string of the molecule is O=C(ON=Cc1ccc(F)c(Cl)c1)c1cccnc1C(F)(F)F. The van der Waals surface area contributed by atoms with Crippen LogP contribution in [0.2, 0.25) is 5.02 Å². The van der Waals surface area contributed by atoms with Crippen LogP contribution in [-0.4, -0.2) is 17.2 Å². The third kappa shape index (κ3) is 4.26. The van der Waals surface area contributed by atoms with Crippen LogP contribution in [0.3, 0.4) is 0 Å². The lowest BCUT2D eigenvalue weighted by molar-refractivity contribution is -0.141. The second-order valence-corrected chi connectivity index (χ2v) is 4.59. The predicted octanol–water partition coefficient (Wildman–Crippen LogP) is 4.08. The van der Waals surface area contributed by atoms with E-state index in [2.05, 4.69) is 15.0 Å². The number of hydrogen-bond donors (Lipinski definition) is 0. The summed E-state index contributed by atoms with van der Waals surface area (Å²) >= 11 is 5.54. The third-order valence-electron chi connectivity index (χ3n) is 2.58. The Hall–Kier alpha value is -2.48. The van der Waals surface area contributed by atoms with Crippen LogP contribution in [0.25, 0.3) is 0 Å². The quantitative estimate of drug-likeness (QED) is 0.364. The smallest absolute Gasteiger partial charge is 0.313 e. The van der Waals surface area contributed by atoms with E-state index >= 15 is 0 Å². The number of aromatic nitrogens is 1. The predicted molar refractivity (Wildman–Crippen MR) is 73.7 cm³/mol. The van der Waals surface area contributed by atoms with Gasteiger partial charge in [0.25, 0.3) is 0 Å². The standard InChI is InChI=1S/C14H7ClF4N2O2/c15-10-6-8(3-4-11(10)16)7-21-23-13(22)9-2-1-5-20-12(9)14(17,18)19/h1-7H. The molecule has 4 nitrogen and oxygen atoms in total. The van der Waals surface area contributed by atoms with Crippen LogP contribution in [0.5, 0.6) is 0 Å². The summed E-state index contributed by atoms with van der Waals surface area (Å²) in [6.45, 7) is 0. The summed E-state index contributed by atoms with van der Waals surface area (Å²) in [5.74, 6) is -1.97. The molecule has 0 aliphatic carbocycles. The first-order valence-corrected chi connectivity index (χ1v) is 6.39. The van der Waals surface area contributed by atoms with E-state index in [-0.39, 0.29) is 5.02 Å². The van der Waals surface area contributed by atoms with Crippen molar-refractivity contribution in [2.75, 3.05) is 0 Å².